The summed E-state index contributed by atoms with van der Waals surface area (Å²) < 4.78 is 5.38. The van der Waals surface area contributed by atoms with Crippen LogP contribution in [-0.2, 0) is 0 Å². The van der Waals surface area contributed by atoms with Crippen molar-refractivity contribution in [2.24, 2.45) is 5.11 Å². The van der Waals surface area contributed by atoms with Gasteiger partial charge >= 0.3 is 0 Å². The zero-order valence-corrected chi connectivity index (χ0v) is 9.20. The maximum absolute atomic E-state index is 12.3. The van der Waals surface area contributed by atoms with E-state index < -0.39 is 17.4 Å². The molecule has 6 heteroatoms. The van der Waals surface area contributed by atoms with Crippen molar-refractivity contribution in [2.75, 3.05) is 6.61 Å². The second-order valence-corrected chi connectivity index (χ2v) is 3.90. The molecule has 1 aliphatic heterocycles. The van der Waals surface area contributed by atoms with E-state index in [1.807, 2.05) is 0 Å². The third-order valence-corrected chi connectivity index (χ3v) is 2.89. The van der Waals surface area contributed by atoms with Crippen LogP contribution < -0.4 is 4.74 Å². The maximum atomic E-state index is 12.3. The van der Waals surface area contributed by atoms with Crippen molar-refractivity contribution >= 4 is 5.78 Å². The fourth-order valence-corrected chi connectivity index (χ4v) is 1.81. The molecule has 0 saturated heterocycles. The lowest BCUT2D eigenvalue weighted by atomic mass is 9.84. The van der Waals surface area contributed by atoms with Gasteiger partial charge in [-0.2, -0.15) is 0 Å². The van der Waals surface area contributed by atoms with Gasteiger partial charge in [-0.05, 0) is 24.6 Å². The molecule has 0 amide bonds. The molecular formula is C11H11N3O3. The standard InChI is InChI=1S/C11H11N3O3/c1-7(15)11(13-14-12)6-17-9-5-3-2-4-8(9)10(11)16/h2-5,7,15H,6H2,1H3/t7-,11+/m1/s1. The molecule has 17 heavy (non-hydrogen) atoms. The number of aliphatic hydroxyl groups is 1. The molecule has 0 unspecified atom stereocenters. The second kappa shape index (κ2) is 4.08. The Balaban J connectivity index is 2.55. The molecule has 1 aliphatic rings. The first-order chi connectivity index (χ1) is 8.12. The van der Waals surface area contributed by atoms with Gasteiger partial charge in [-0.3, -0.25) is 4.79 Å². The predicted molar refractivity (Wildman–Crippen MR) is 59.8 cm³/mol. The number of aliphatic hydroxyl groups excluding tert-OH is 1. The fourth-order valence-electron chi connectivity index (χ4n) is 1.81. The summed E-state index contributed by atoms with van der Waals surface area (Å²) in [5, 5.41) is 13.1. The third kappa shape index (κ3) is 1.63. The summed E-state index contributed by atoms with van der Waals surface area (Å²) in [4.78, 5) is 14.9. The minimum absolute atomic E-state index is 0.148. The zero-order chi connectivity index (χ0) is 12.5. The van der Waals surface area contributed by atoms with Gasteiger partial charge in [0.15, 0.2) is 11.3 Å². The molecule has 2 rings (SSSR count). The van der Waals surface area contributed by atoms with Gasteiger partial charge in [-0.25, -0.2) is 0 Å². The summed E-state index contributed by atoms with van der Waals surface area (Å²) in [7, 11) is 0. The zero-order valence-electron chi connectivity index (χ0n) is 9.20. The number of hydrogen-bond acceptors (Lipinski definition) is 4. The number of ketones is 1. The van der Waals surface area contributed by atoms with Crippen LogP contribution in [0, 0.1) is 0 Å². The van der Waals surface area contributed by atoms with E-state index >= 15 is 0 Å². The Bertz CT molecular complexity index is 508. The number of azide groups is 1. The number of Topliss-reactive ketones (excluding diaryl/α,β-unsaturated/α-hetero) is 1. The van der Waals surface area contributed by atoms with E-state index in [1.165, 1.54) is 6.92 Å². The van der Waals surface area contributed by atoms with Crippen molar-refractivity contribution in [3.63, 3.8) is 0 Å². The van der Waals surface area contributed by atoms with Gasteiger partial charge in [0.2, 0.25) is 0 Å². The normalized spacial score (nSPS) is 24.2. The van der Waals surface area contributed by atoms with Crippen LogP contribution in [0.5, 0.6) is 5.75 Å². The number of para-hydroxylation sites is 1. The Labute approximate surface area is 97.5 Å². The van der Waals surface area contributed by atoms with E-state index in [9.17, 15) is 9.90 Å². The number of rotatable bonds is 2. The molecule has 1 aromatic rings. The molecule has 0 saturated carbocycles. The highest BCUT2D eigenvalue weighted by Gasteiger charge is 2.47. The van der Waals surface area contributed by atoms with Crippen LogP contribution in [0.3, 0.4) is 0 Å². The molecule has 0 fully saturated rings. The summed E-state index contributed by atoms with van der Waals surface area (Å²) in [6.07, 6.45) is -1.11. The van der Waals surface area contributed by atoms with Crippen LogP contribution in [0.4, 0.5) is 0 Å². The van der Waals surface area contributed by atoms with Gasteiger partial charge < -0.3 is 9.84 Å². The van der Waals surface area contributed by atoms with Crippen molar-refractivity contribution < 1.29 is 14.6 Å². The summed E-state index contributed by atoms with van der Waals surface area (Å²) in [5.41, 5.74) is 7.30. The summed E-state index contributed by atoms with van der Waals surface area (Å²) in [5.74, 6) is 0.0362. The van der Waals surface area contributed by atoms with E-state index in [-0.39, 0.29) is 6.61 Å². The van der Waals surface area contributed by atoms with Gasteiger partial charge in [0.1, 0.15) is 12.4 Å². The Morgan fingerprint density at radius 2 is 2.29 bits per heavy atom. The Hall–Kier alpha value is -2.04. The number of benzene rings is 1. The summed E-state index contributed by atoms with van der Waals surface area (Å²) >= 11 is 0. The molecule has 0 bridgehead atoms. The minimum atomic E-state index is -1.57. The van der Waals surface area contributed by atoms with E-state index in [2.05, 4.69) is 10.0 Å². The van der Waals surface area contributed by atoms with Crippen molar-refractivity contribution in [1.29, 1.82) is 0 Å². The lowest BCUT2D eigenvalue weighted by Gasteiger charge is -2.34. The van der Waals surface area contributed by atoms with Crippen LogP contribution in [0.2, 0.25) is 0 Å². The van der Waals surface area contributed by atoms with Crippen molar-refractivity contribution in [3.8, 4) is 5.75 Å². The van der Waals surface area contributed by atoms with Crippen molar-refractivity contribution in [1.82, 2.24) is 0 Å². The SMILES string of the molecule is C[C@@H](O)[C@@]1(N=[N+]=[N-])COc2ccccc2C1=O. The van der Waals surface area contributed by atoms with Crippen LogP contribution in [0.15, 0.2) is 29.4 Å². The first-order valence-corrected chi connectivity index (χ1v) is 5.13. The maximum Gasteiger partial charge on any atom is 0.184 e. The molecule has 2 atom stereocenters. The summed E-state index contributed by atoms with van der Waals surface area (Å²) in [6.45, 7) is 1.26. The minimum Gasteiger partial charge on any atom is -0.492 e. The largest absolute Gasteiger partial charge is 0.492 e. The van der Waals surface area contributed by atoms with Gasteiger partial charge in [0, 0.05) is 4.91 Å². The number of carbonyl (C=O) groups is 1. The lowest BCUT2D eigenvalue weighted by molar-refractivity contribution is 0.0415. The summed E-state index contributed by atoms with van der Waals surface area (Å²) in [6, 6.07) is 6.68. The van der Waals surface area contributed by atoms with Gasteiger partial charge in [-0.15, -0.1) is 0 Å². The van der Waals surface area contributed by atoms with Crippen molar-refractivity contribution in [3.05, 3.63) is 40.3 Å². The molecule has 1 N–H and O–H groups in total. The quantitative estimate of drug-likeness (QED) is 0.478. The van der Waals surface area contributed by atoms with Gasteiger partial charge in [0.25, 0.3) is 0 Å². The fraction of sp³-hybridized carbons (Fsp3) is 0.364. The average Bonchev–Trinajstić information content (AvgIpc) is 2.33. The van der Waals surface area contributed by atoms with Gasteiger partial charge in [0.05, 0.1) is 11.7 Å². The number of nitrogens with zero attached hydrogens (tertiary/aromatic N) is 3. The molecule has 0 spiro atoms. The molecule has 0 aromatic heterocycles. The molecule has 88 valence electrons. The Morgan fingerprint density at radius 1 is 1.59 bits per heavy atom. The average molecular weight is 233 g/mol. The number of carbonyl (C=O) groups excluding carboxylic acids is 1. The molecule has 6 nitrogen and oxygen atoms in total. The van der Waals surface area contributed by atoms with Crippen LogP contribution in [0.1, 0.15) is 17.3 Å². The van der Waals surface area contributed by atoms with E-state index in [1.54, 1.807) is 24.3 Å². The van der Waals surface area contributed by atoms with Crippen LogP contribution >= 0.6 is 0 Å². The molecule has 0 aliphatic carbocycles. The van der Waals surface area contributed by atoms with E-state index in [0.717, 1.165) is 0 Å². The van der Waals surface area contributed by atoms with Gasteiger partial charge in [-0.1, -0.05) is 17.2 Å². The number of ether oxygens (including phenoxy) is 1. The lowest BCUT2D eigenvalue weighted by Crippen LogP contribution is -2.53. The van der Waals surface area contributed by atoms with Crippen LogP contribution in [-0.4, -0.2) is 29.1 Å². The predicted octanol–water partition coefficient (Wildman–Crippen LogP) is 1.69. The Morgan fingerprint density at radius 3 is 2.94 bits per heavy atom. The molecule has 1 aromatic carbocycles. The number of fused-ring (bicyclic) bond motifs is 1. The molecular weight excluding hydrogens is 222 g/mol. The molecule has 0 radical (unpaired) electrons. The van der Waals surface area contributed by atoms with E-state index in [4.69, 9.17) is 10.3 Å². The highest BCUT2D eigenvalue weighted by atomic mass is 16.5. The topological polar surface area (TPSA) is 95.3 Å². The highest BCUT2D eigenvalue weighted by molar-refractivity contribution is 6.07. The monoisotopic (exact) mass is 233 g/mol. The highest BCUT2D eigenvalue weighted by Crippen LogP contribution is 2.33. The Kier molecular flexibility index (Phi) is 2.75. The number of hydrogen-bond donors (Lipinski definition) is 1. The molecule has 1 heterocycles. The first kappa shape index (κ1) is 11.4. The van der Waals surface area contributed by atoms with Crippen molar-refractivity contribution in [2.45, 2.75) is 18.6 Å². The first-order valence-electron chi connectivity index (χ1n) is 5.13. The van der Waals surface area contributed by atoms with E-state index in [0.29, 0.717) is 11.3 Å². The second-order valence-electron chi connectivity index (χ2n) is 3.90. The van der Waals surface area contributed by atoms with Crippen LogP contribution in [0.25, 0.3) is 10.4 Å². The third-order valence-electron chi connectivity index (χ3n) is 2.89. The smallest absolute Gasteiger partial charge is 0.184 e.